The third-order valence-corrected chi connectivity index (χ3v) is 2.39. The largest absolute Gasteiger partial charge is 0.477 e. The van der Waals surface area contributed by atoms with Crippen LogP contribution in [0.1, 0.15) is 21.0 Å². The summed E-state index contributed by atoms with van der Waals surface area (Å²) in [5.74, 6) is -0.917. The van der Waals surface area contributed by atoms with Crippen molar-refractivity contribution in [3.8, 4) is 0 Å². The first-order valence-corrected chi connectivity index (χ1v) is 4.49. The van der Waals surface area contributed by atoms with Gasteiger partial charge < -0.3 is 9.90 Å². The Labute approximate surface area is 79.3 Å². The number of carboxylic acid groups (broad SMARTS) is 1. The molecule has 68 valence electrons. The van der Waals surface area contributed by atoms with Crippen molar-refractivity contribution in [3.05, 3.63) is 28.0 Å². The van der Waals surface area contributed by atoms with Crippen LogP contribution in [0.15, 0.2) is 18.2 Å². The molecule has 13 heavy (non-hydrogen) atoms. The first kappa shape index (κ1) is 9.67. The number of carboxylic acids is 1. The molecule has 1 heterocycles. The van der Waals surface area contributed by atoms with E-state index in [9.17, 15) is 9.59 Å². The minimum Gasteiger partial charge on any atom is -0.477 e. The second kappa shape index (κ2) is 4.57. The molecule has 0 spiro atoms. The molecule has 0 saturated heterocycles. The predicted octanol–water partition coefficient (Wildman–Crippen LogP) is 2.05. The van der Waals surface area contributed by atoms with E-state index in [0.717, 1.165) is 11.2 Å². The van der Waals surface area contributed by atoms with Crippen molar-refractivity contribution in [2.45, 2.75) is 6.42 Å². The minimum atomic E-state index is -0.917. The number of thiophene rings is 1. The Balaban J connectivity index is 2.69. The molecule has 0 aromatic carbocycles. The van der Waals surface area contributed by atoms with Gasteiger partial charge in [0.2, 0.25) is 0 Å². The van der Waals surface area contributed by atoms with Gasteiger partial charge in [-0.1, -0.05) is 6.08 Å². The lowest BCUT2D eigenvalue weighted by Crippen LogP contribution is -1.89. The van der Waals surface area contributed by atoms with Crippen LogP contribution >= 0.6 is 11.3 Å². The van der Waals surface area contributed by atoms with E-state index in [4.69, 9.17) is 5.11 Å². The summed E-state index contributed by atoms with van der Waals surface area (Å²) >= 11 is 1.19. The number of rotatable bonds is 4. The van der Waals surface area contributed by atoms with E-state index in [1.165, 1.54) is 11.3 Å². The molecule has 1 rings (SSSR count). The minimum absolute atomic E-state index is 0.311. The van der Waals surface area contributed by atoms with Crippen LogP contribution in [0.2, 0.25) is 0 Å². The number of aldehydes is 1. The van der Waals surface area contributed by atoms with Gasteiger partial charge >= 0.3 is 5.97 Å². The molecule has 1 aromatic heterocycles. The predicted molar refractivity (Wildman–Crippen MR) is 51.0 cm³/mol. The standard InChI is InChI=1S/C9H8O3S/c10-6-2-1-3-7-4-5-8(13-7)9(11)12/h1,3-6H,2H2,(H,11,12). The van der Waals surface area contributed by atoms with E-state index in [1.54, 1.807) is 24.3 Å². The van der Waals surface area contributed by atoms with Gasteiger partial charge in [0.25, 0.3) is 0 Å². The number of carbonyl (C=O) groups excluding carboxylic acids is 1. The van der Waals surface area contributed by atoms with Crippen LogP contribution in [0.3, 0.4) is 0 Å². The fourth-order valence-electron chi connectivity index (χ4n) is 0.797. The zero-order chi connectivity index (χ0) is 9.68. The maximum absolute atomic E-state index is 10.5. The third-order valence-electron chi connectivity index (χ3n) is 1.35. The first-order chi connectivity index (χ1) is 6.24. The quantitative estimate of drug-likeness (QED) is 0.750. The fourth-order valence-corrected chi connectivity index (χ4v) is 1.57. The smallest absolute Gasteiger partial charge is 0.345 e. The Kier molecular flexibility index (Phi) is 3.40. The molecule has 0 saturated carbocycles. The van der Waals surface area contributed by atoms with E-state index in [2.05, 4.69) is 0 Å². The summed E-state index contributed by atoms with van der Waals surface area (Å²) in [5, 5.41) is 8.60. The zero-order valence-electron chi connectivity index (χ0n) is 6.77. The topological polar surface area (TPSA) is 54.4 Å². The molecule has 3 nitrogen and oxygen atoms in total. The fraction of sp³-hybridized carbons (Fsp3) is 0.111. The monoisotopic (exact) mass is 196 g/mol. The van der Waals surface area contributed by atoms with Gasteiger partial charge in [0.05, 0.1) is 0 Å². The molecule has 0 aliphatic rings. The van der Waals surface area contributed by atoms with Crippen LogP contribution < -0.4 is 0 Å². The molecule has 0 unspecified atom stereocenters. The molecule has 0 radical (unpaired) electrons. The molecular formula is C9H8O3S. The Morgan fingerprint density at radius 3 is 2.85 bits per heavy atom. The van der Waals surface area contributed by atoms with Crippen molar-refractivity contribution in [1.82, 2.24) is 0 Å². The van der Waals surface area contributed by atoms with Crippen molar-refractivity contribution in [2.75, 3.05) is 0 Å². The second-order valence-corrected chi connectivity index (χ2v) is 3.43. The molecule has 1 aromatic rings. The van der Waals surface area contributed by atoms with Crippen molar-refractivity contribution in [1.29, 1.82) is 0 Å². The van der Waals surface area contributed by atoms with Crippen LogP contribution in [0.5, 0.6) is 0 Å². The number of allylic oxidation sites excluding steroid dienone is 1. The van der Waals surface area contributed by atoms with Crippen LogP contribution in [0.4, 0.5) is 0 Å². The van der Waals surface area contributed by atoms with Gasteiger partial charge in [-0.15, -0.1) is 11.3 Å². The lowest BCUT2D eigenvalue weighted by Gasteiger charge is -1.82. The van der Waals surface area contributed by atoms with Crippen molar-refractivity contribution in [3.63, 3.8) is 0 Å². The zero-order valence-corrected chi connectivity index (χ0v) is 7.58. The lowest BCUT2D eigenvalue weighted by atomic mass is 10.3. The summed E-state index contributed by atoms with van der Waals surface area (Å²) in [6.07, 6.45) is 4.60. The highest BCUT2D eigenvalue weighted by Crippen LogP contribution is 2.17. The molecule has 0 aliphatic carbocycles. The average molecular weight is 196 g/mol. The maximum Gasteiger partial charge on any atom is 0.345 e. The number of carbonyl (C=O) groups is 2. The molecule has 0 aliphatic heterocycles. The first-order valence-electron chi connectivity index (χ1n) is 3.67. The third kappa shape index (κ3) is 2.83. The van der Waals surface area contributed by atoms with Crippen molar-refractivity contribution >= 4 is 29.7 Å². The van der Waals surface area contributed by atoms with E-state index < -0.39 is 5.97 Å². The van der Waals surface area contributed by atoms with Gasteiger partial charge in [-0.2, -0.15) is 0 Å². The van der Waals surface area contributed by atoms with Gasteiger partial charge in [-0.05, 0) is 18.2 Å². The average Bonchev–Trinajstić information content (AvgIpc) is 2.53. The molecule has 1 N–H and O–H groups in total. The van der Waals surface area contributed by atoms with Crippen LogP contribution in [-0.4, -0.2) is 17.4 Å². The highest BCUT2D eigenvalue weighted by molar-refractivity contribution is 7.14. The number of aromatic carboxylic acids is 1. The molecule has 0 fully saturated rings. The van der Waals surface area contributed by atoms with E-state index in [-0.39, 0.29) is 0 Å². The summed E-state index contributed by atoms with van der Waals surface area (Å²) in [7, 11) is 0. The van der Waals surface area contributed by atoms with E-state index in [0.29, 0.717) is 11.3 Å². The van der Waals surface area contributed by atoms with Crippen LogP contribution in [-0.2, 0) is 4.79 Å². The normalized spacial score (nSPS) is 10.5. The van der Waals surface area contributed by atoms with Crippen LogP contribution in [0.25, 0.3) is 6.08 Å². The van der Waals surface area contributed by atoms with Gasteiger partial charge in [-0.3, -0.25) is 0 Å². The summed E-state index contributed by atoms with van der Waals surface area (Å²) in [6.45, 7) is 0. The van der Waals surface area contributed by atoms with Gasteiger partial charge in [0.15, 0.2) is 0 Å². The summed E-state index contributed by atoms with van der Waals surface area (Å²) in [6, 6.07) is 3.27. The molecule has 0 amide bonds. The molecule has 0 atom stereocenters. The number of hydrogen-bond acceptors (Lipinski definition) is 3. The van der Waals surface area contributed by atoms with Gasteiger partial charge in [0.1, 0.15) is 11.2 Å². The highest BCUT2D eigenvalue weighted by Gasteiger charge is 2.04. The maximum atomic E-state index is 10.5. The Bertz CT molecular complexity index is 338. The van der Waals surface area contributed by atoms with Crippen molar-refractivity contribution in [2.24, 2.45) is 0 Å². The summed E-state index contributed by atoms with van der Waals surface area (Å²) in [5.41, 5.74) is 0. The summed E-state index contributed by atoms with van der Waals surface area (Å²) in [4.78, 5) is 21.6. The Morgan fingerprint density at radius 1 is 1.54 bits per heavy atom. The van der Waals surface area contributed by atoms with Crippen LogP contribution in [0, 0.1) is 0 Å². The SMILES string of the molecule is O=CCC=Cc1ccc(C(=O)O)s1. The molecule has 4 heteroatoms. The molecular weight excluding hydrogens is 188 g/mol. The van der Waals surface area contributed by atoms with E-state index in [1.807, 2.05) is 0 Å². The Morgan fingerprint density at radius 2 is 2.31 bits per heavy atom. The number of hydrogen-bond donors (Lipinski definition) is 1. The van der Waals surface area contributed by atoms with Gasteiger partial charge in [0, 0.05) is 11.3 Å². The van der Waals surface area contributed by atoms with E-state index >= 15 is 0 Å². The lowest BCUT2D eigenvalue weighted by molar-refractivity contribution is -0.107. The summed E-state index contributed by atoms with van der Waals surface area (Å²) < 4.78 is 0. The highest BCUT2D eigenvalue weighted by atomic mass is 32.1. The van der Waals surface area contributed by atoms with Gasteiger partial charge in [-0.25, -0.2) is 4.79 Å². The molecule has 0 bridgehead atoms. The second-order valence-electron chi connectivity index (χ2n) is 2.31. The Hall–Kier alpha value is -1.42. The van der Waals surface area contributed by atoms with Crippen molar-refractivity contribution < 1.29 is 14.7 Å².